The van der Waals surface area contributed by atoms with Crippen molar-refractivity contribution in [3.63, 3.8) is 0 Å². The van der Waals surface area contributed by atoms with Gasteiger partial charge in [0.05, 0.1) is 6.61 Å². The van der Waals surface area contributed by atoms with Gasteiger partial charge in [-0.15, -0.1) is 0 Å². The molecule has 4 nitrogen and oxygen atoms in total. The first kappa shape index (κ1) is 17.9. The highest BCUT2D eigenvalue weighted by Crippen LogP contribution is 2.17. The highest BCUT2D eigenvalue weighted by Gasteiger charge is 2.14. The third-order valence-electron chi connectivity index (χ3n) is 3.59. The van der Waals surface area contributed by atoms with Gasteiger partial charge < -0.3 is 14.8 Å². The van der Waals surface area contributed by atoms with Gasteiger partial charge in [0.15, 0.2) is 6.10 Å². The second kappa shape index (κ2) is 8.96. The molecule has 1 amide bonds. The SMILES string of the molecule is CCCCOc1ccc(NC(=O)C(C)Oc2ccc(C)cc2)cc1. The van der Waals surface area contributed by atoms with Crippen molar-refractivity contribution in [2.75, 3.05) is 11.9 Å². The third-order valence-corrected chi connectivity index (χ3v) is 3.59. The molecular formula is C20H25NO3. The van der Waals surface area contributed by atoms with Crippen LogP contribution in [-0.2, 0) is 4.79 Å². The van der Waals surface area contributed by atoms with Crippen molar-refractivity contribution >= 4 is 11.6 Å². The second-order valence-electron chi connectivity index (χ2n) is 5.79. The lowest BCUT2D eigenvalue weighted by molar-refractivity contribution is -0.122. The second-order valence-corrected chi connectivity index (χ2v) is 5.79. The molecular weight excluding hydrogens is 302 g/mol. The Bertz CT molecular complexity index is 635. The number of anilines is 1. The monoisotopic (exact) mass is 327 g/mol. The molecule has 0 aliphatic carbocycles. The van der Waals surface area contributed by atoms with E-state index in [0.717, 1.165) is 29.8 Å². The van der Waals surface area contributed by atoms with Gasteiger partial charge in [-0.3, -0.25) is 4.79 Å². The molecule has 0 spiro atoms. The molecule has 0 heterocycles. The molecule has 1 atom stereocenters. The Morgan fingerprint density at radius 3 is 2.29 bits per heavy atom. The molecule has 1 unspecified atom stereocenters. The number of benzene rings is 2. The van der Waals surface area contributed by atoms with Crippen molar-refractivity contribution < 1.29 is 14.3 Å². The third kappa shape index (κ3) is 5.61. The van der Waals surface area contributed by atoms with Crippen LogP contribution in [-0.4, -0.2) is 18.6 Å². The lowest BCUT2D eigenvalue weighted by Crippen LogP contribution is -2.30. The van der Waals surface area contributed by atoms with Crippen LogP contribution in [0, 0.1) is 6.92 Å². The van der Waals surface area contributed by atoms with Crippen LogP contribution in [0.2, 0.25) is 0 Å². The lowest BCUT2D eigenvalue weighted by atomic mass is 10.2. The Balaban J connectivity index is 1.85. The van der Waals surface area contributed by atoms with E-state index in [1.165, 1.54) is 0 Å². The van der Waals surface area contributed by atoms with Crippen molar-refractivity contribution in [2.24, 2.45) is 0 Å². The molecule has 0 aliphatic heterocycles. The van der Waals surface area contributed by atoms with Crippen LogP contribution < -0.4 is 14.8 Å². The van der Waals surface area contributed by atoms with Gasteiger partial charge in [0, 0.05) is 5.69 Å². The Morgan fingerprint density at radius 1 is 1.04 bits per heavy atom. The van der Waals surface area contributed by atoms with Crippen molar-refractivity contribution in [1.82, 2.24) is 0 Å². The van der Waals surface area contributed by atoms with Gasteiger partial charge in [0.2, 0.25) is 0 Å². The molecule has 4 heteroatoms. The summed E-state index contributed by atoms with van der Waals surface area (Å²) in [5.74, 6) is 1.31. The van der Waals surface area contributed by atoms with Crippen LogP contribution in [0.4, 0.5) is 5.69 Å². The number of unbranched alkanes of at least 4 members (excludes halogenated alkanes) is 1. The van der Waals surface area contributed by atoms with Gasteiger partial charge in [0.25, 0.3) is 5.91 Å². The first-order valence-corrected chi connectivity index (χ1v) is 8.35. The number of aryl methyl sites for hydroxylation is 1. The highest BCUT2D eigenvalue weighted by atomic mass is 16.5. The molecule has 2 aromatic rings. The number of nitrogens with one attached hydrogen (secondary N) is 1. The topological polar surface area (TPSA) is 47.6 Å². The zero-order chi connectivity index (χ0) is 17.4. The molecule has 128 valence electrons. The van der Waals surface area contributed by atoms with Gasteiger partial charge in [-0.2, -0.15) is 0 Å². The molecule has 2 aromatic carbocycles. The fourth-order valence-electron chi connectivity index (χ4n) is 2.09. The minimum atomic E-state index is -0.576. The van der Waals surface area contributed by atoms with Crippen molar-refractivity contribution in [3.8, 4) is 11.5 Å². The van der Waals surface area contributed by atoms with Crippen LogP contribution >= 0.6 is 0 Å². The average molecular weight is 327 g/mol. The summed E-state index contributed by atoms with van der Waals surface area (Å²) in [6, 6.07) is 15.0. The van der Waals surface area contributed by atoms with E-state index in [1.807, 2.05) is 55.5 Å². The summed E-state index contributed by atoms with van der Waals surface area (Å²) in [5.41, 5.74) is 1.88. The minimum absolute atomic E-state index is 0.185. The number of rotatable bonds is 8. The molecule has 0 aliphatic rings. The first-order valence-electron chi connectivity index (χ1n) is 8.35. The zero-order valence-corrected chi connectivity index (χ0v) is 14.5. The van der Waals surface area contributed by atoms with Crippen LogP contribution in [0.25, 0.3) is 0 Å². The van der Waals surface area contributed by atoms with E-state index in [4.69, 9.17) is 9.47 Å². The van der Waals surface area contributed by atoms with E-state index in [-0.39, 0.29) is 5.91 Å². The normalized spacial score (nSPS) is 11.6. The van der Waals surface area contributed by atoms with E-state index < -0.39 is 6.10 Å². The van der Waals surface area contributed by atoms with E-state index in [1.54, 1.807) is 6.92 Å². The summed E-state index contributed by atoms with van der Waals surface area (Å²) >= 11 is 0. The standard InChI is InChI=1S/C20H25NO3/c1-4-5-14-23-18-12-8-17(9-13-18)21-20(22)16(3)24-19-10-6-15(2)7-11-19/h6-13,16H,4-5,14H2,1-3H3,(H,21,22). The highest BCUT2D eigenvalue weighted by molar-refractivity contribution is 5.94. The van der Waals surface area contributed by atoms with Gasteiger partial charge in [-0.1, -0.05) is 31.0 Å². The van der Waals surface area contributed by atoms with Crippen molar-refractivity contribution in [1.29, 1.82) is 0 Å². The summed E-state index contributed by atoms with van der Waals surface area (Å²) in [5, 5.41) is 2.85. The molecule has 0 radical (unpaired) electrons. The minimum Gasteiger partial charge on any atom is -0.494 e. The summed E-state index contributed by atoms with van der Waals surface area (Å²) in [7, 11) is 0. The fourth-order valence-corrected chi connectivity index (χ4v) is 2.09. The quantitative estimate of drug-likeness (QED) is 0.722. The smallest absolute Gasteiger partial charge is 0.265 e. The molecule has 1 N–H and O–H groups in total. The Morgan fingerprint density at radius 2 is 1.67 bits per heavy atom. The van der Waals surface area contributed by atoms with Crippen LogP contribution in [0.5, 0.6) is 11.5 Å². The largest absolute Gasteiger partial charge is 0.494 e. The van der Waals surface area contributed by atoms with E-state index >= 15 is 0 Å². The average Bonchev–Trinajstić information content (AvgIpc) is 2.58. The van der Waals surface area contributed by atoms with Gasteiger partial charge in [0.1, 0.15) is 11.5 Å². The first-order chi connectivity index (χ1) is 11.6. The Hall–Kier alpha value is -2.49. The molecule has 2 rings (SSSR count). The van der Waals surface area contributed by atoms with E-state index in [0.29, 0.717) is 12.4 Å². The van der Waals surface area contributed by atoms with Crippen LogP contribution in [0.3, 0.4) is 0 Å². The number of amides is 1. The van der Waals surface area contributed by atoms with Gasteiger partial charge in [-0.25, -0.2) is 0 Å². The Kier molecular flexibility index (Phi) is 6.67. The predicted octanol–water partition coefficient (Wildman–Crippen LogP) is 4.58. The number of ether oxygens (including phenoxy) is 2. The number of hydrogen-bond acceptors (Lipinski definition) is 3. The number of carbonyl (C=O) groups is 1. The van der Waals surface area contributed by atoms with Crippen molar-refractivity contribution in [3.05, 3.63) is 54.1 Å². The molecule has 0 aromatic heterocycles. The molecule has 0 saturated carbocycles. The summed E-state index contributed by atoms with van der Waals surface area (Å²) in [6.07, 6.45) is 1.56. The van der Waals surface area contributed by atoms with Gasteiger partial charge >= 0.3 is 0 Å². The Labute approximate surface area is 143 Å². The van der Waals surface area contributed by atoms with E-state index in [9.17, 15) is 4.79 Å². The number of hydrogen-bond donors (Lipinski definition) is 1. The van der Waals surface area contributed by atoms with Crippen molar-refractivity contribution in [2.45, 2.75) is 39.7 Å². The van der Waals surface area contributed by atoms with Crippen LogP contribution in [0.15, 0.2) is 48.5 Å². The summed E-state index contributed by atoms with van der Waals surface area (Å²) < 4.78 is 11.3. The zero-order valence-electron chi connectivity index (χ0n) is 14.5. The molecule has 0 fully saturated rings. The maximum absolute atomic E-state index is 12.2. The molecule has 0 saturated heterocycles. The van der Waals surface area contributed by atoms with Gasteiger partial charge in [-0.05, 0) is 56.7 Å². The fraction of sp³-hybridized carbons (Fsp3) is 0.350. The predicted molar refractivity (Wildman–Crippen MR) is 96.7 cm³/mol. The summed E-state index contributed by atoms with van der Waals surface area (Å²) in [6.45, 7) is 6.58. The van der Waals surface area contributed by atoms with Crippen LogP contribution in [0.1, 0.15) is 32.3 Å². The lowest BCUT2D eigenvalue weighted by Gasteiger charge is -2.15. The molecule has 24 heavy (non-hydrogen) atoms. The van der Waals surface area contributed by atoms with E-state index in [2.05, 4.69) is 12.2 Å². The molecule has 0 bridgehead atoms. The maximum Gasteiger partial charge on any atom is 0.265 e. The number of carbonyl (C=O) groups excluding carboxylic acids is 1. The maximum atomic E-state index is 12.2. The summed E-state index contributed by atoms with van der Waals surface area (Å²) in [4.78, 5) is 12.2.